The number of nitrogens with zero attached hydrogens (tertiary/aromatic N) is 1. The summed E-state index contributed by atoms with van der Waals surface area (Å²) >= 11 is 3.52. The van der Waals surface area contributed by atoms with Crippen molar-refractivity contribution in [2.75, 3.05) is 5.32 Å². The first-order valence-electron chi connectivity index (χ1n) is 9.55. The summed E-state index contributed by atoms with van der Waals surface area (Å²) in [7, 11) is 0. The molecule has 2 N–H and O–H groups in total. The fraction of sp³-hybridized carbons (Fsp3) is 0.167. The maximum Gasteiger partial charge on any atom is 0.319 e. The van der Waals surface area contributed by atoms with E-state index in [1.165, 1.54) is 0 Å². The van der Waals surface area contributed by atoms with E-state index in [1.54, 1.807) is 0 Å². The van der Waals surface area contributed by atoms with Crippen molar-refractivity contribution in [3.63, 3.8) is 0 Å². The average molecular weight is 464 g/mol. The molecule has 0 saturated heterocycles. The van der Waals surface area contributed by atoms with Crippen LogP contribution in [-0.4, -0.2) is 6.03 Å². The first-order valence-corrected chi connectivity index (χ1v) is 10.3. The van der Waals surface area contributed by atoms with Crippen LogP contribution in [0.25, 0.3) is 0 Å². The maximum atomic E-state index is 12.5. The molecule has 6 heteroatoms. The van der Waals surface area contributed by atoms with E-state index in [0.717, 1.165) is 21.2 Å². The molecule has 30 heavy (non-hydrogen) atoms. The Morgan fingerprint density at radius 2 is 1.77 bits per heavy atom. The average Bonchev–Trinajstić information content (AvgIpc) is 2.74. The predicted molar refractivity (Wildman–Crippen MR) is 121 cm³/mol. The topological polar surface area (TPSA) is 74.2 Å². The number of hydrogen-bond acceptors (Lipinski definition) is 3. The molecule has 0 aliphatic carbocycles. The number of carbonyl (C=O) groups is 1. The van der Waals surface area contributed by atoms with Crippen LogP contribution in [0.15, 0.2) is 77.3 Å². The maximum absolute atomic E-state index is 12.5. The molecule has 0 fully saturated rings. The van der Waals surface area contributed by atoms with E-state index < -0.39 is 0 Å². The van der Waals surface area contributed by atoms with E-state index >= 15 is 0 Å². The van der Waals surface area contributed by atoms with Crippen LogP contribution in [-0.2, 0) is 13.0 Å². The Labute approximate surface area is 184 Å². The molecule has 2 amide bonds. The van der Waals surface area contributed by atoms with E-state index in [0.29, 0.717) is 24.5 Å². The molecule has 1 unspecified atom stereocenters. The fourth-order valence-electron chi connectivity index (χ4n) is 2.98. The van der Waals surface area contributed by atoms with Gasteiger partial charge >= 0.3 is 6.03 Å². The summed E-state index contributed by atoms with van der Waals surface area (Å²) in [6.45, 7) is 2.25. The van der Waals surface area contributed by atoms with Gasteiger partial charge in [0.2, 0.25) is 0 Å². The highest BCUT2D eigenvalue weighted by Crippen LogP contribution is 2.23. The second-order valence-corrected chi connectivity index (χ2v) is 7.62. The Morgan fingerprint density at radius 3 is 2.50 bits per heavy atom. The minimum absolute atomic E-state index is 0.157. The molecular formula is C24H22BrN3O2. The van der Waals surface area contributed by atoms with Gasteiger partial charge in [0, 0.05) is 15.7 Å². The van der Waals surface area contributed by atoms with Crippen LogP contribution in [0.5, 0.6) is 5.75 Å². The molecule has 0 aliphatic heterocycles. The number of anilines is 1. The number of hydrogen-bond donors (Lipinski definition) is 2. The van der Waals surface area contributed by atoms with Gasteiger partial charge in [-0.2, -0.15) is 5.26 Å². The number of para-hydroxylation sites is 1. The molecule has 0 heterocycles. The van der Waals surface area contributed by atoms with Gasteiger partial charge in [0.15, 0.2) is 0 Å². The molecule has 5 nitrogen and oxygen atoms in total. The minimum atomic E-state index is -0.286. The molecule has 0 bridgehead atoms. The largest absolute Gasteiger partial charge is 0.489 e. The van der Waals surface area contributed by atoms with Crippen LogP contribution in [0, 0.1) is 11.3 Å². The Morgan fingerprint density at radius 1 is 1.07 bits per heavy atom. The standard InChI is InChI=1S/C24H22BrN3O2/c1-17(21-7-3-4-8-22(21)25)27-24(29)28-23-9-5-2-6-19(23)16-30-20-12-10-18(11-13-20)14-15-26/h2-13,17H,14,16H2,1H3,(H2,27,28,29). The van der Waals surface area contributed by atoms with E-state index in [-0.39, 0.29) is 12.1 Å². The van der Waals surface area contributed by atoms with Crippen LogP contribution < -0.4 is 15.4 Å². The van der Waals surface area contributed by atoms with Crippen molar-refractivity contribution < 1.29 is 9.53 Å². The van der Waals surface area contributed by atoms with Gasteiger partial charge < -0.3 is 15.4 Å². The summed E-state index contributed by atoms with van der Waals surface area (Å²) in [6, 6.07) is 24.4. The van der Waals surface area contributed by atoms with E-state index in [9.17, 15) is 4.79 Å². The normalized spacial score (nSPS) is 11.2. The number of nitrogens with one attached hydrogen (secondary N) is 2. The van der Waals surface area contributed by atoms with E-state index in [1.807, 2.05) is 79.7 Å². The minimum Gasteiger partial charge on any atom is -0.489 e. The number of nitriles is 1. The number of carbonyl (C=O) groups excluding carboxylic acids is 1. The van der Waals surface area contributed by atoms with Crippen LogP contribution in [0.1, 0.15) is 29.7 Å². The highest BCUT2D eigenvalue weighted by molar-refractivity contribution is 9.10. The fourth-order valence-corrected chi connectivity index (χ4v) is 3.61. The zero-order valence-corrected chi connectivity index (χ0v) is 18.1. The lowest BCUT2D eigenvalue weighted by molar-refractivity contribution is 0.249. The van der Waals surface area contributed by atoms with Crippen molar-refractivity contribution in [1.82, 2.24) is 5.32 Å². The molecule has 0 aliphatic rings. The molecule has 0 spiro atoms. The lowest BCUT2D eigenvalue weighted by Crippen LogP contribution is -2.31. The monoisotopic (exact) mass is 463 g/mol. The van der Waals surface area contributed by atoms with Crippen molar-refractivity contribution in [1.29, 1.82) is 5.26 Å². The van der Waals surface area contributed by atoms with Crippen LogP contribution >= 0.6 is 15.9 Å². The zero-order chi connectivity index (χ0) is 21.3. The summed E-state index contributed by atoms with van der Waals surface area (Å²) in [5.74, 6) is 0.707. The molecule has 3 rings (SSSR count). The SMILES string of the molecule is CC(NC(=O)Nc1ccccc1COc1ccc(CC#N)cc1)c1ccccc1Br. The van der Waals surface area contributed by atoms with Gasteiger partial charge in [0.05, 0.1) is 18.5 Å². The highest BCUT2D eigenvalue weighted by Gasteiger charge is 2.13. The Bertz CT molecular complexity index is 1040. The molecule has 1 atom stereocenters. The first-order chi connectivity index (χ1) is 14.6. The predicted octanol–water partition coefficient (Wildman–Crippen LogP) is 5.98. The number of ether oxygens (including phenoxy) is 1. The molecule has 3 aromatic rings. The van der Waals surface area contributed by atoms with E-state index in [4.69, 9.17) is 10.00 Å². The quantitative estimate of drug-likeness (QED) is 0.452. The van der Waals surface area contributed by atoms with Crippen LogP contribution in [0.3, 0.4) is 0 Å². The van der Waals surface area contributed by atoms with Crippen LogP contribution in [0.4, 0.5) is 10.5 Å². The molecule has 3 aromatic carbocycles. The number of benzene rings is 3. The van der Waals surface area contributed by atoms with Crippen molar-refractivity contribution in [2.45, 2.75) is 26.0 Å². The van der Waals surface area contributed by atoms with Crippen molar-refractivity contribution >= 4 is 27.6 Å². The molecule has 0 aromatic heterocycles. The third-order valence-electron chi connectivity index (χ3n) is 4.59. The Hall–Kier alpha value is -3.30. The summed E-state index contributed by atoms with van der Waals surface area (Å²) in [6.07, 6.45) is 0.375. The molecule has 0 saturated carbocycles. The number of amides is 2. The summed E-state index contributed by atoms with van der Waals surface area (Å²) < 4.78 is 6.80. The highest BCUT2D eigenvalue weighted by atomic mass is 79.9. The van der Waals surface area contributed by atoms with Crippen LogP contribution in [0.2, 0.25) is 0 Å². The number of rotatable bonds is 7. The summed E-state index contributed by atoms with van der Waals surface area (Å²) in [5.41, 5.74) is 3.50. The third kappa shape index (κ3) is 5.85. The number of halogens is 1. The van der Waals surface area contributed by atoms with Gasteiger partial charge in [-0.05, 0) is 42.3 Å². The third-order valence-corrected chi connectivity index (χ3v) is 5.31. The first kappa shape index (κ1) is 21.4. The van der Waals surface area contributed by atoms with Gasteiger partial charge in [-0.1, -0.05) is 64.5 Å². The van der Waals surface area contributed by atoms with Gasteiger partial charge in [0.1, 0.15) is 12.4 Å². The van der Waals surface area contributed by atoms with Gasteiger partial charge in [0.25, 0.3) is 0 Å². The van der Waals surface area contributed by atoms with Gasteiger partial charge in [-0.15, -0.1) is 0 Å². The molecular weight excluding hydrogens is 442 g/mol. The van der Waals surface area contributed by atoms with Gasteiger partial charge in [-0.25, -0.2) is 4.79 Å². The second-order valence-electron chi connectivity index (χ2n) is 6.77. The second kappa shape index (κ2) is 10.5. The molecule has 152 valence electrons. The lowest BCUT2D eigenvalue weighted by atomic mass is 10.1. The smallest absolute Gasteiger partial charge is 0.319 e. The number of urea groups is 1. The zero-order valence-electron chi connectivity index (χ0n) is 16.6. The summed E-state index contributed by atoms with van der Waals surface area (Å²) in [5, 5.41) is 14.6. The van der Waals surface area contributed by atoms with E-state index in [2.05, 4.69) is 32.6 Å². The molecule has 0 radical (unpaired) electrons. The Balaban J connectivity index is 1.61. The summed E-state index contributed by atoms with van der Waals surface area (Å²) in [4.78, 5) is 12.5. The van der Waals surface area contributed by atoms with Crippen molar-refractivity contribution in [3.05, 3.63) is 94.0 Å². The Kier molecular flexibility index (Phi) is 7.47. The van der Waals surface area contributed by atoms with Crippen molar-refractivity contribution in [2.24, 2.45) is 0 Å². The van der Waals surface area contributed by atoms with Gasteiger partial charge in [-0.3, -0.25) is 0 Å². The lowest BCUT2D eigenvalue weighted by Gasteiger charge is -2.18. The van der Waals surface area contributed by atoms with Crippen molar-refractivity contribution in [3.8, 4) is 11.8 Å².